The van der Waals surface area contributed by atoms with Crippen LogP contribution in [0.25, 0.3) is 0 Å². The van der Waals surface area contributed by atoms with Crippen LogP contribution in [0.15, 0.2) is 71.7 Å². The fourth-order valence-corrected chi connectivity index (χ4v) is 5.72. The van der Waals surface area contributed by atoms with Crippen LogP contribution in [0, 0.1) is 6.92 Å². The van der Waals surface area contributed by atoms with Crippen molar-refractivity contribution in [1.82, 2.24) is 0 Å². The first kappa shape index (κ1) is 25.2. The van der Waals surface area contributed by atoms with Gasteiger partial charge in [0.15, 0.2) is 0 Å². The van der Waals surface area contributed by atoms with Crippen molar-refractivity contribution in [2.24, 2.45) is 4.99 Å². The Morgan fingerprint density at radius 3 is 2.45 bits per heavy atom. The lowest BCUT2D eigenvalue weighted by Gasteiger charge is -2.33. The summed E-state index contributed by atoms with van der Waals surface area (Å²) >= 11 is 0. The van der Waals surface area contributed by atoms with Crippen molar-refractivity contribution in [3.05, 3.63) is 94.5 Å². The molecule has 0 aliphatic rings. The second kappa shape index (κ2) is 11.6. The first-order chi connectivity index (χ1) is 15.9. The molecule has 0 heterocycles. The number of rotatable bonds is 10. The van der Waals surface area contributed by atoms with Gasteiger partial charge in [-0.15, -0.1) is 0 Å². The molecule has 0 N–H and O–H groups in total. The molecule has 33 heavy (non-hydrogen) atoms. The van der Waals surface area contributed by atoms with Gasteiger partial charge >= 0.3 is 0 Å². The number of aryl methyl sites for hydroxylation is 1. The van der Waals surface area contributed by atoms with Crippen molar-refractivity contribution in [3.8, 4) is 5.75 Å². The molecule has 0 aliphatic heterocycles. The van der Waals surface area contributed by atoms with Gasteiger partial charge < -0.3 is 4.74 Å². The second-order valence-corrected chi connectivity index (χ2v) is 11.0. The summed E-state index contributed by atoms with van der Waals surface area (Å²) in [6.07, 6.45) is 4.12. The lowest BCUT2D eigenvalue weighted by atomic mass is 9.89. The van der Waals surface area contributed by atoms with Crippen LogP contribution >= 0.6 is 8.58 Å². The van der Waals surface area contributed by atoms with E-state index in [2.05, 4.69) is 106 Å². The molecule has 0 amide bonds. The fourth-order valence-electron chi connectivity index (χ4n) is 4.17. The molecule has 0 aromatic heterocycles. The summed E-state index contributed by atoms with van der Waals surface area (Å²) in [6.45, 7) is 12.0. The molecule has 3 aromatic rings. The van der Waals surface area contributed by atoms with E-state index in [0.29, 0.717) is 21.1 Å². The predicted molar refractivity (Wildman–Crippen MR) is 146 cm³/mol. The fraction of sp³-hybridized carbons (Fsp3) is 0.367. The molecule has 0 spiro atoms. The van der Waals surface area contributed by atoms with E-state index in [1.165, 1.54) is 33.1 Å². The maximum Gasteiger partial charge on any atom is 0.127 e. The Balaban J connectivity index is 2.06. The zero-order valence-corrected chi connectivity index (χ0v) is 22.0. The van der Waals surface area contributed by atoms with Crippen molar-refractivity contribution in [3.63, 3.8) is 0 Å². The van der Waals surface area contributed by atoms with E-state index in [9.17, 15) is 0 Å². The summed E-state index contributed by atoms with van der Waals surface area (Å²) in [4.78, 5) is 4.32. The minimum Gasteiger partial charge on any atom is -0.488 e. The van der Waals surface area contributed by atoms with Crippen molar-refractivity contribution in [1.29, 1.82) is 0 Å². The molecule has 3 aromatic carbocycles. The molecule has 174 valence electrons. The van der Waals surface area contributed by atoms with Crippen LogP contribution in [-0.2, 0) is 11.8 Å². The van der Waals surface area contributed by atoms with Crippen molar-refractivity contribution in [2.45, 2.75) is 65.1 Å². The molecule has 3 heteroatoms. The van der Waals surface area contributed by atoms with E-state index < -0.39 is 0 Å². The van der Waals surface area contributed by atoms with E-state index in [1.807, 2.05) is 13.3 Å². The van der Waals surface area contributed by atoms with Crippen LogP contribution in [0.2, 0.25) is 0 Å². The molecular formula is C30H38NOP. The molecule has 3 rings (SSSR count). The number of hydrogen-bond donors (Lipinski definition) is 0. The summed E-state index contributed by atoms with van der Waals surface area (Å²) < 4.78 is 6.64. The number of hydrogen-bond acceptors (Lipinski definition) is 2. The standard InChI is InChI=1S/C30H38NOP/c1-7-23(4)26-15-12-16-27(29(26)32-21-24-13-10-9-11-14-24)30(5,8-2)33-28-18-17-22(3)19-25(28)20-31-6/h9-20,23,33H,7-8,21H2,1-6H3/b31-20+. The molecule has 0 fully saturated rings. The second-order valence-electron chi connectivity index (χ2n) is 9.10. The summed E-state index contributed by atoms with van der Waals surface area (Å²) in [5.74, 6) is 1.52. The van der Waals surface area contributed by atoms with E-state index in [-0.39, 0.29) is 5.16 Å². The number of ether oxygens (including phenoxy) is 1. The first-order valence-corrected chi connectivity index (χ1v) is 13.0. The van der Waals surface area contributed by atoms with Gasteiger partial charge in [0, 0.05) is 24.0 Å². The SMILES string of the molecule is CCC(C)c1cccc(C(C)(CC)Pc2ccc(C)cc2/C=N/C)c1OCc1ccccc1. The third-order valence-corrected chi connectivity index (χ3v) is 8.50. The number of para-hydroxylation sites is 1. The summed E-state index contributed by atoms with van der Waals surface area (Å²) in [7, 11) is 2.46. The zero-order chi connectivity index (χ0) is 23.8. The third kappa shape index (κ3) is 6.12. The summed E-state index contributed by atoms with van der Waals surface area (Å²) in [6, 6.07) is 24.0. The Hall–Kier alpha value is -2.44. The Kier molecular flexibility index (Phi) is 8.87. The molecule has 0 saturated heterocycles. The Morgan fingerprint density at radius 1 is 1.03 bits per heavy atom. The predicted octanol–water partition coefficient (Wildman–Crippen LogP) is 7.77. The smallest absolute Gasteiger partial charge is 0.127 e. The lowest BCUT2D eigenvalue weighted by molar-refractivity contribution is 0.294. The average Bonchev–Trinajstić information content (AvgIpc) is 2.84. The largest absolute Gasteiger partial charge is 0.488 e. The van der Waals surface area contributed by atoms with E-state index in [0.717, 1.165) is 18.6 Å². The van der Waals surface area contributed by atoms with Gasteiger partial charge in [0.25, 0.3) is 0 Å². The van der Waals surface area contributed by atoms with Gasteiger partial charge in [-0.25, -0.2) is 0 Å². The quantitative estimate of drug-likeness (QED) is 0.224. The summed E-state index contributed by atoms with van der Waals surface area (Å²) in [5.41, 5.74) is 6.32. The Bertz CT molecular complexity index is 1080. The molecule has 0 saturated carbocycles. The maximum absolute atomic E-state index is 6.64. The molecule has 0 aliphatic carbocycles. The van der Waals surface area contributed by atoms with Crippen LogP contribution < -0.4 is 10.0 Å². The third-order valence-electron chi connectivity index (χ3n) is 6.60. The zero-order valence-electron chi connectivity index (χ0n) is 21.0. The molecule has 2 nitrogen and oxygen atoms in total. The van der Waals surface area contributed by atoms with E-state index in [1.54, 1.807) is 0 Å². The van der Waals surface area contributed by atoms with Gasteiger partial charge in [0.05, 0.1) is 0 Å². The molecule has 0 radical (unpaired) electrons. The van der Waals surface area contributed by atoms with Crippen molar-refractivity contribution < 1.29 is 4.74 Å². The van der Waals surface area contributed by atoms with E-state index in [4.69, 9.17) is 4.74 Å². The Morgan fingerprint density at radius 2 is 1.79 bits per heavy atom. The van der Waals surface area contributed by atoms with Gasteiger partial charge in [-0.1, -0.05) is 103 Å². The van der Waals surface area contributed by atoms with Crippen molar-refractivity contribution >= 4 is 20.1 Å². The topological polar surface area (TPSA) is 21.6 Å². The Labute approximate surface area is 202 Å². The molecule has 3 atom stereocenters. The van der Waals surface area contributed by atoms with Crippen molar-refractivity contribution in [2.75, 3.05) is 7.05 Å². The van der Waals surface area contributed by atoms with Gasteiger partial charge in [-0.3, -0.25) is 4.99 Å². The van der Waals surface area contributed by atoms with Gasteiger partial charge in [0.1, 0.15) is 12.4 Å². The van der Waals surface area contributed by atoms with Crippen LogP contribution in [0.4, 0.5) is 0 Å². The molecule has 0 bridgehead atoms. The van der Waals surface area contributed by atoms with Crippen LogP contribution in [0.1, 0.15) is 74.3 Å². The van der Waals surface area contributed by atoms with Gasteiger partial charge in [-0.2, -0.15) is 0 Å². The minimum atomic E-state index is -0.0267. The monoisotopic (exact) mass is 459 g/mol. The van der Waals surface area contributed by atoms with Crippen LogP contribution in [0.3, 0.4) is 0 Å². The highest BCUT2D eigenvalue weighted by molar-refractivity contribution is 7.48. The molecule has 3 unspecified atom stereocenters. The highest BCUT2D eigenvalue weighted by Crippen LogP contribution is 2.49. The van der Waals surface area contributed by atoms with Gasteiger partial charge in [0.2, 0.25) is 0 Å². The van der Waals surface area contributed by atoms with Crippen LogP contribution in [-0.4, -0.2) is 13.3 Å². The average molecular weight is 460 g/mol. The first-order valence-electron chi connectivity index (χ1n) is 12.0. The van der Waals surface area contributed by atoms with E-state index >= 15 is 0 Å². The normalized spacial score (nSPS) is 14.6. The number of aliphatic imine (C=N–C) groups is 1. The lowest BCUT2D eigenvalue weighted by Crippen LogP contribution is -2.22. The number of benzene rings is 3. The van der Waals surface area contributed by atoms with Gasteiger partial charge in [-0.05, 0) is 53.7 Å². The van der Waals surface area contributed by atoms with Crippen LogP contribution in [0.5, 0.6) is 5.75 Å². The highest BCUT2D eigenvalue weighted by atomic mass is 31.1. The summed E-state index contributed by atoms with van der Waals surface area (Å²) in [5, 5.41) is 1.33. The number of nitrogens with zero attached hydrogens (tertiary/aromatic N) is 1. The highest BCUT2D eigenvalue weighted by Gasteiger charge is 2.31. The minimum absolute atomic E-state index is 0.0267. The maximum atomic E-state index is 6.64. The molecular weight excluding hydrogens is 421 g/mol.